The highest BCUT2D eigenvalue weighted by Crippen LogP contribution is 2.16. The Morgan fingerprint density at radius 3 is 2.41 bits per heavy atom. The fourth-order valence-corrected chi connectivity index (χ4v) is 3.83. The minimum absolute atomic E-state index is 0.692. The third-order valence-corrected chi connectivity index (χ3v) is 5.77. The molecule has 0 unspecified atom stereocenters. The van der Waals surface area contributed by atoms with Crippen molar-refractivity contribution in [3.63, 3.8) is 0 Å². The van der Waals surface area contributed by atoms with Gasteiger partial charge >= 0.3 is 0 Å². The first-order chi connectivity index (χ1) is 13.1. The Hall–Kier alpha value is -1.96. The molecule has 2 heterocycles. The van der Waals surface area contributed by atoms with Gasteiger partial charge in [0.1, 0.15) is 5.01 Å². The maximum Gasteiger partial charge on any atom is 0.191 e. The Labute approximate surface area is 165 Å². The van der Waals surface area contributed by atoms with Crippen LogP contribution in [0.2, 0.25) is 0 Å². The quantitative estimate of drug-likeness (QED) is 0.589. The number of ether oxygens (including phenoxy) is 1. The van der Waals surface area contributed by atoms with E-state index in [1.165, 1.54) is 16.0 Å². The smallest absolute Gasteiger partial charge is 0.191 e. The zero-order chi connectivity index (χ0) is 19.1. The van der Waals surface area contributed by atoms with Crippen molar-refractivity contribution in [2.24, 2.45) is 4.99 Å². The van der Waals surface area contributed by atoms with Crippen molar-refractivity contribution in [3.05, 3.63) is 51.0 Å². The molecule has 0 spiro atoms. The molecule has 2 aromatic rings. The molecule has 1 fully saturated rings. The molecule has 0 amide bonds. The van der Waals surface area contributed by atoms with E-state index in [0.29, 0.717) is 6.54 Å². The second-order valence-electron chi connectivity index (χ2n) is 6.73. The van der Waals surface area contributed by atoms with Gasteiger partial charge in [0.2, 0.25) is 0 Å². The number of aliphatic imine (C=N–C) groups is 1. The molecule has 2 N–H and O–H groups in total. The topological polar surface area (TPSA) is 61.8 Å². The van der Waals surface area contributed by atoms with E-state index in [1.54, 1.807) is 18.4 Å². The van der Waals surface area contributed by atoms with Crippen LogP contribution >= 0.6 is 11.3 Å². The second-order valence-corrected chi connectivity index (χ2v) is 8.02. The van der Waals surface area contributed by atoms with Gasteiger partial charge in [0.25, 0.3) is 0 Å². The predicted octanol–water partition coefficient (Wildman–Crippen LogP) is 2.46. The summed E-state index contributed by atoms with van der Waals surface area (Å²) in [6.07, 6.45) is 0. The van der Waals surface area contributed by atoms with E-state index in [4.69, 9.17) is 4.74 Å². The average Bonchev–Trinajstić information content (AvgIpc) is 3.01. The number of rotatable bonds is 6. The van der Waals surface area contributed by atoms with Crippen LogP contribution in [0.5, 0.6) is 0 Å². The minimum Gasteiger partial charge on any atom is -0.379 e. The second kappa shape index (κ2) is 9.82. The number of nitrogens with one attached hydrogen (secondary N) is 2. The molecule has 1 saturated heterocycles. The van der Waals surface area contributed by atoms with E-state index in [-0.39, 0.29) is 0 Å². The first kappa shape index (κ1) is 19.8. The molecule has 0 aliphatic carbocycles. The molecule has 7 heteroatoms. The van der Waals surface area contributed by atoms with Gasteiger partial charge in [-0.25, -0.2) is 4.98 Å². The Morgan fingerprint density at radius 2 is 1.78 bits per heavy atom. The average molecular weight is 388 g/mol. The summed E-state index contributed by atoms with van der Waals surface area (Å²) in [6.45, 7) is 10.3. The Bertz CT molecular complexity index is 731. The summed E-state index contributed by atoms with van der Waals surface area (Å²) in [5.41, 5.74) is 3.69. The van der Waals surface area contributed by atoms with E-state index in [0.717, 1.165) is 56.1 Å². The fraction of sp³-hybridized carbons (Fsp3) is 0.500. The van der Waals surface area contributed by atoms with E-state index in [9.17, 15) is 0 Å². The summed E-state index contributed by atoms with van der Waals surface area (Å²) >= 11 is 1.73. The number of benzene rings is 1. The molecule has 1 aromatic carbocycles. The molecular weight excluding hydrogens is 358 g/mol. The predicted molar refractivity (Wildman–Crippen MR) is 111 cm³/mol. The van der Waals surface area contributed by atoms with Gasteiger partial charge in [-0.1, -0.05) is 24.3 Å². The Balaban J connectivity index is 1.44. The number of nitrogens with zero attached hydrogens (tertiary/aromatic N) is 3. The molecule has 6 nitrogen and oxygen atoms in total. The fourth-order valence-electron chi connectivity index (χ4n) is 2.96. The number of hydrogen-bond donors (Lipinski definition) is 2. The molecule has 0 atom stereocenters. The van der Waals surface area contributed by atoms with Gasteiger partial charge in [-0.15, -0.1) is 11.3 Å². The molecule has 1 aromatic heterocycles. The zero-order valence-electron chi connectivity index (χ0n) is 16.4. The molecule has 146 valence electrons. The molecule has 1 aliphatic heterocycles. The highest BCUT2D eigenvalue weighted by atomic mass is 32.1. The monoisotopic (exact) mass is 387 g/mol. The van der Waals surface area contributed by atoms with Crippen molar-refractivity contribution < 1.29 is 4.74 Å². The van der Waals surface area contributed by atoms with Crippen molar-refractivity contribution in [2.45, 2.75) is 33.5 Å². The van der Waals surface area contributed by atoms with Crippen molar-refractivity contribution in [2.75, 3.05) is 33.4 Å². The van der Waals surface area contributed by atoms with Gasteiger partial charge in [-0.3, -0.25) is 9.89 Å². The van der Waals surface area contributed by atoms with Gasteiger partial charge in [-0.05, 0) is 25.0 Å². The number of aromatic nitrogens is 1. The molecule has 27 heavy (non-hydrogen) atoms. The Morgan fingerprint density at radius 1 is 1.11 bits per heavy atom. The largest absolute Gasteiger partial charge is 0.379 e. The summed E-state index contributed by atoms with van der Waals surface area (Å²) in [6, 6.07) is 8.79. The van der Waals surface area contributed by atoms with Crippen LogP contribution in [0.1, 0.15) is 26.7 Å². The van der Waals surface area contributed by atoms with Crippen LogP contribution in [0, 0.1) is 13.8 Å². The van der Waals surface area contributed by atoms with Crippen LogP contribution in [0.3, 0.4) is 0 Å². The molecule has 3 rings (SSSR count). The van der Waals surface area contributed by atoms with Gasteiger partial charge in [0, 0.05) is 38.1 Å². The molecule has 1 aliphatic rings. The number of guanidine groups is 1. The molecule has 0 radical (unpaired) electrons. The lowest BCUT2D eigenvalue weighted by Gasteiger charge is -2.26. The first-order valence-corrected chi connectivity index (χ1v) is 10.2. The lowest BCUT2D eigenvalue weighted by molar-refractivity contribution is 0.0342. The van der Waals surface area contributed by atoms with Crippen LogP contribution in [0.25, 0.3) is 0 Å². The number of thiazole rings is 1. The van der Waals surface area contributed by atoms with Crippen LogP contribution < -0.4 is 10.6 Å². The van der Waals surface area contributed by atoms with Crippen LogP contribution in [0.15, 0.2) is 29.3 Å². The normalized spacial score (nSPS) is 15.7. The Kier molecular flexibility index (Phi) is 7.20. The summed E-state index contributed by atoms with van der Waals surface area (Å²) < 4.78 is 5.41. The molecule has 0 saturated carbocycles. The van der Waals surface area contributed by atoms with E-state index >= 15 is 0 Å². The molecule has 0 bridgehead atoms. The third-order valence-electron chi connectivity index (χ3n) is 4.70. The van der Waals surface area contributed by atoms with E-state index < -0.39 is 0 Å². The minimum atomic E-state index is 0.692. The number of morpholine rings is 1. The summed E-state index contributed by atoms with van der Waals surface area (Å²) in [7, 11) is 1.79. The lowest BCUT2D eigenvalue weighted by Crippen LogP contribution is -2.36. The number of aryl methyl sites for hydroxylation is 2. The lowest BCUT2D eigenvalue weighted by atomic mass is 10.1. The van der Waals surface area contributed by atoms with Gasteiger partial charge < -0.3 is 15.4 Å². The summed E-state index contributed by atoms with van der Waals surface area (Å²) in [5.74, 6) is 0.790. The third kappa shape index (κ3) is 6.02. The first-order valence-electron chi connectivity index (χ1n) is 9.39. The van der Waals surface area contributed by atoms with Crippen molar-refractivity contribution in [1.29, 1.82) is 0 Å². The van der Waals surface area contributed by atoms with Crippen LogP contribution in [-0.4, -0.2) is 49.2 Å². The highest BCUT2D eigenvalue weighted by molar-refractivity contribution is 7.11. The standard InChI is InChI=1S/C20H29N5OS/c1-15-16(2)27-19(24-15)13-23-20(21-3)22-12-17-4-6-18(7-5-17)14-25-8-10-26-11-9-25/h4-7H,8-14H2,1-3H3,(H2,21,22,23). The summed E-state index contributed by atoms with van der Waals surface area (Å²) in [4.78, 5) is 12.6. The molecular formula is C20H29N5OS. The maximum absolute atomic E-state index is 5.41. The van der Waals surface area contributed by atoms with Crippen LogP contribution in [-0.2, 0) is 24.4 Å². The maximum atomic E-state index is 5.41. The van der Waals surface area contributed by atoms with Crippen molar-refractivity contribution in [1.82, 2.24) is 20.5 Å². The van der Waals surface area contributed by atoms with Gasteiger partial charge in [0.15, 0.2) is 5.96 Å². The summed E-state index contributed by atoms with van der Waals surface area (Å²) in [5, 5.41) is 7.78. The van der Waals surface area contributed by atoms with Crippen LogP contribution in [0.4, 0.5) is 0 Å². The van der Waals surface area contributed by atoms with Gasteiger partial charge in [-0.2, -0.15) is 0 Å². The van der Waals surface area contributed by atoms with Gasteiger partial charge in [0.05, 0.1) is 25.5 Å². The highest BCUT2D eigenvalue weighted by Gasteiger charge is 2.10. The zero-order valence-corrected chi connectivity index (χ0v) is 17.2. The number of hydrogen-bond acceptors (Lipinski definition) is 5. The van der Waals surface area contributed by atoms with E-state index in [2.05, 4.69) is 56.7 Å². The van der Waals surface area contributed by atoms with E-state index in [1.807, 2.05) is 6.92 Å². The van der Waals surface area contributed by atoms with Crippen molar-refractivity contribution >= 4 is 17.3 Å². The SMILES string of the molecule is CN=C(NCc1ccc(CN2CCOCC2)cc1)NCc1nc(C)c(C)s1. The van der Waals surface area contributed by atoms with Crippen molar-refractivity contribution in [3.8, 4) is 0 Å².